The zero-order valence-corrected chi connectivity index (χ0v) is 20.9. The second-order valence-corrected chi connectivity index (χ2v) is 9.76. The third kappa shape index (κ3) is 6.06. The summed E-state index contributed by atoms with van der Waals surface area (Å²) in [6, 6.07) is 16.9. The van der Waals surface area contributed by atoms with Crippen molar-refractivity contribution in [3.8, 4) is 22.5 Å². The first-order chi connectivity index (χ1) is 16.4. The van der Waals surface area contributed by atoms with Crippen molar-refractivity contribution in [3.05, 3.63) is 65.5 Å². The van der Waals surface area contributed by atoms with Crippen molar-refractivity contribution in [1.82, 2.24) is 25.1 Å². The highest BCUT2D eigenvalue weighted by Gasteiger charge is 2.21. The maximum atomic E-state index is 12.5. The number of rotatable bonds is 7. The number of aromatic amines is 1. The largest absolute Gasteiger partial charge is 0.362 e. The zero-order valence-electron chi connectivity index (χ0n) is 20.9. The van der Waals surface area contributed by atoms with Gasteiger partial charge in [-0.1, -0.05) is 44.2 Å². The molecule has 1 aliphatic rings. The normalized spacial score (nSPS) is 14.6. The van der Waals surface area contributed by atoms with Crippen LogP contribution in [0.15, 0.2) is 48.5 Å². The van der Waals surface area contributed by atoms with Gasteiger partial charge in [0.1, 0.15) is 0 Å². The Hall–Kier alpha value is -3.12. The van der Waals surface area contributed by atoms with Gasteiger partial charge < -0.3 is 15.2 Å². The number of H-pyrrole nitrogens is 1. The molecule has 0 saturated carbocycles. The molecule has 6 heteroatoms. The Morgan fingerprint density at radius 3 is 2.38 bits per heavy atom. The van der Waals surface area contributed by atoms with Gasteiger partial charge in [0.2, 0.25) is 0 Å². The van der Waals surface area contributed by atoms with E-state index in [4.69, 9.17) is 4.98 Å². The number of pyridine rings is 1. The van der Waals surface area contributed by atoms with Crippen LogP contribution in [0.2, 0.25) is 0 Å². The Bertz CT molecular complexity index is 1090. The maximum Gasteiger partial charge on any atom is 0.317 e. The fourth-order valence-electron chi connectivity index (χ4n) is 4.65. The maximum absolute atomic E-state index is 12.5. The smallest absolute Gasteiger partial charge is 0.317 e. The lowest BCUT2D eigenvalue weighted by molar-refractivity contribution is 0.131. The molecule has 34 heavy (non-hydrogen) atoms. The molecule has 0 spiro atoms. The Balaban J connectivity index is 1.28. The Morgan fingerprint density at radius 1 is 1.03 bits per heavy atom. The van der Waals surface area contributed by atoms with Crippen molar-refractivity contribution in [3.63, 3.8) is 0 Å². The van der Waals surface area contributed by atoms with E-state index in [1.54, 1.807) is 0 Å². The minimum atomic E-state index is 0.0529. The van der Waals surface area contributed by atoms with E-state index in [1.807, 2.05) is 4.90 Å². The van der Waals surface area contributed by atoms with Gasteiger partial charge >= 0.3 is 6.03 Å². The monoisotopic (exact) mass is 459 g/mol. The molecule has 1 aliphatic heterocycles. The molecule has 2 amide bonds. The highest BCUT2D eigenvalue weighted by atomic mass is 16.2. The first-order valence-corrected chi connectivity index (χ1v) is 12.4. The second kappa shape index (κ2) is 10.9. The standard InChI is InChI=1S/C28H37N5O/c1-20(2)19-32-14-16-33(17-15-32)28(34)29-13-12-23-8-10-24(11-9-23)26-6-5-7-27(31-26)25-18-21(3)30-22(25)4/h5-11,18,20,30H,12-17,19H2,1-4H3,(H,29,34). The van der Waals surface area contributed by atoms with Crippen LogP contribution < -0.4 is 5.32 Å². The van der Waals surface area contributed by atoms with E-state index in [2.05, 4.69) is 91.4 Å². The van der Waals surface area contributed by atoms with Gasteiger partial charge in [-0.2, -0.15) is 0 Å². The van der Waals surface area contributed by atoms with Gasteiger partial charge in [-0.15, -0.1) is 0 Å². The number of piperazine rings is 1. The molecule has 0 bridgehead atoms. The van der Waals surface area contributed by atoms with E-state index < -0.39 is 0 Å². The number of hydrogen-bond donors (Lipinski definition) is 2. The zero-order chi connectivity index (χ0) is 24.1. The minimum Gasteiger partial charge on any atom is -0.362 e. The van der Waals surface area contributed by atoms with Gasteiger partial charge in [0, 0.05) is 61.8 Å². The summed E-state index contributed by atoms with van der Waals surface area (Å²) in [5.41, 5.74) is 7.68. The number of nitrogens with zero attached hydrogens (tertiary/aromatic N) is 3. The highest BCUT2D eigenvalue weighted by Crippen LogP contribution is 2.26. The third-order valence-corrected chi connectivity index (χ3v) is 6.40. The lowest BCUT2D eigenvalue weighted by Crippen LogP contribution is -2.52. The molecule has 2 aromatic heterocycles. The molecule has 6 nitrogen and oxygen atoms in total. The van der Waals surface area contributed by atoms with Gasteiger partial charge in [-0.3, -0.25) is 4.90 Å². The second-order valence-electron chi connectivity index (χ2n) is 9.76. The van der Waals surface area contributed by atoms with Gasteiger partial charge in [-0.05, 0) is 49.9 Å². The van der Waals surface area contributed by atoms with Crippen molar-refractivity contribution in [2.24, 2.45) is 5.92 Å². The van der Waals surface area contributed by atoms with Crippen molar-refractivity contribution in [1.29, 1.82) is 0 Å². The van der Waals surface area contributed by atoms with Crippen molar-refractivity contribution in [2.75, 3.05) is 39.3 Å². The average molecular weight is 460 g/mol. The Morgan fingerprint density at radius 2 is 1.74 bits per heavy atom. The fraction of sp³-hybridized carbons (Fsp3) is 0.429. The molecule has 2 N–H and O–H groups in total. The van der Waals surface area contributed by atoms with Crippen molar-refractivity contribution in [2.45, 2.75) is 34.1 Å². The summed E-state index contributed by atoms with van der Waals surface area (Å²) < 4.78 is 0. The number of carbonyl (C=O) groups excluding carboxylic acids is 1. The Labute approximate surface area is 203 Å². The van der Waals surface area contributed by atoms with Crippen LogP contribution in [0, 0.1) is 19.8 Å². The predicted molar refractivity (Wildman–Crippen MR) is 139 cm³/mol. The van der Waals surface area contributed by atoms with E-state index in [9.17, 15) is 4.79 Å². The summed E-state index contributed by atoms with van der Waals surface area (Å²) in [5, 5.41) is 3.09. The first kappa shape index (κ1) is 24.0. The number of benzene rings is 1. The molecule has 0 unspecified atom stereocenters. The molecule has 180 valence electrons. The third-order valence-electron chi connectivity index (χ3n) is 6.40. The number of carbonyl (C=O) groups is 1. The summed E-state index contributed by atoms with van der Waals surface area (Å²) >= 11 is 0. The van der Waals surface area contributed by atoms with Crippen LogP contribution in [0.25, 0.3) is 22.5 Å². The van der Waals surface area contributed by atoms with Crippen LogP contribution in [0.4, 0.5) is 4.79 Å². The predicted octanol–water partition coefficient (Wildman–Crippen LogP) is 4.89. The molecule has 3 heterocycles. The SMILES string of the molecule is Cc1cc(-c2cccc(-c3ccc(CCNC(=O)N4CCN(CC(C)C)CC4)cc3)n2)c(C)[nH]1. The van der Waals surface area contributed by atoms with E-state index in [0.29, 0.717) is 12.5 Å². The minimum absolute atomic E-state index is 0.0529. The lowest BCUT2D eigenvalue weighted by Gasteiger charge is -2.35. The molecule has 1 saturated heterocycles. The van der Waals surface area contributed by atoms with Crippen LogP contribution in [0.1, 0.15) is 30.8 Å². The number of nitrogens with one attached hydrogen (secondary N) is 2. The summed E-state index contributed by atoms with van der Waals surface area (Å²) in [5.74, 6) is 0.666. The molecular formula is C28H37N5O. The summed E-state index contributed by atoms with van der Waals surface area (Å²) in [7, 11) is 0. The van der Waals surface area contributed by atoms with Gasteiger partial charge in [0.05, 0.1) is 11.4 Å². The van der Waals surface area contributed by atoms with Gasteiger partial charge in [-0.25, -0.2) is 9.78 Å². The van der Waals surface area contributed by atoms with Crippen LogP contribution in [0.5, 0.6) is 0 Å². The number of amides is 2. The molecule has 0 aliphatic carbocycles. The Kier molecular flexibility index (Phi) is 7.68. The van der Waals surface area contributed by atoms with E-state index >= 15 is 0 Å². The molecule has 3 aromatic rings. The average Bonchev–Trinajstić information content (AvgIpc) is 3.17. The van der Waals surface area contributed by atoms with Crippen LogP contribution in [-0.4, -0.2) is 65.1 Å². The molecule has 1 aromatic carbocycles. The lowest BCUT2D eigenvalue weighted by atomic mass is 10.1. The van der Waals surface area contributed by atoms with Gasteiger partial charge in [0.15, 0.2) is 0 Å². The summed E-state index contributed by atoms with van der Waals surface area (Å²) in [4.78, 5) is 25.1. The summed E-state index contributed by atoms with van der Waals surface area (Å²) in [6.45, 7) is 13.9. The number of hydrogen-bond acceptors (Lipinski definition) is 3. The highest BCUT2D eigenvalue weighted by molar-refractivity contribution is 5.74. The van der Waals surface area contributed by atoms with E-state index in [-0.39, 0.29) is 6.03 Å². The van der Waals surface area contributed by atoms with Crippen LogP contribution >= 0.6 is 0 Å². The summed E-state index contributed by atoms with van der Waals surface area (Å²) in [6.07, 6.45) is 0.814. The first-order valence-electron chi connectivity index (χ1n) is 12.4. The molecule has 0 atom stereocenters. The number of aromatic nitrogens is 2. The molecular weight excluding hydrogens is 422 g/mol. The quantitative estimate of drug-likeness (QED) is 0.529. The molecule has 4 rings (SSSR count). The van der Waals surface area contributed by atoms with Crippen molar-refractivity contribution >= 4 is 6.03 Å². The topological polar surface area (TPSA) is 64.3 Å². The number of urea groups is 1. The van der Waals surface area contributed by atoms with Crippen molar-refractivity contribution < 1.29 is 4.79 Å². The van der Waals surface area contributed by atoms with E-state index in [0.717, 1.165) is 73.0 Å². The molecule has 1 fully saturated rings. The van der Waals surface area contributed by atoms with E-state index in [1.165, 1.54) is 5.56 Å². The fourth-order valence-corrected chi connectivity index (χ4v) is 4.65. The van der Waals surface area contributed by atoms with Crippen LogP contribution in [0.3, 0.4) is 0 Å². The number of aryl methyl sites for hydroxylation is 2. The van der Waals surface area contributed by atoms with Crippen LogP contribution in [-0.2, 0) is 6.42 Å². The van der Waals surface area contributed by atoms with Gasteiger partial charge in [0.25, 0.3) is 0 Å². The molecule has 0 radical (unpaired) electrons.